The van der Waals surface area contributed by atoms with E-state index in [1.807, 2.05) is 21.1 Å². The molecule has 0 rings (SSSR count). The van der Waals surface area contributed by atoms with Gasteiger partial charge in [-0.05, 0) is 77.0 Å². The highest BCUT2D eigenvalue weighted by molar-refractivity contribution is 7.45. The van der Waals surface area contributed by atoms with Gasteiger partial charge in [-0.2, -0.15) is 0 Å². The van der Waals surface area contributed by atoms with Gasteiger partial charge in [-0.3, -0.25) is 14.2 Å². The summed E-state index contributed by atoms with van der Waals surface area (Å²) in [4.78, 5) is 38.2. The lowest BCUT2D eigenvalue weighted by Gasteiger charge is -2.28. The summed E-state index contributed by atoms with van der Waals surface area (Å²) in [7, 11) is 1.19. The summed E-state index contributed by atoms with van der Waals surface area (Å²) < 4.78 is 34.4. The molecule has 0 radical (unpaired) electrons. The van der Waals surface area contributed by atoms with Crippen LogP contribution < -0.4 is 4.89 Å². The van der Waals surface area contributed by atoms with E-state index < -0.39 is 26.5 Å². The number of phosphoric ester groups is 1. The van der Waals surface area contributed by atoms with Crippen molar-refractivity contribution in [2.45, 2.75) is 405 Å². The number of allylic oxidation sites excluding steroid dienone is 10. The highest BCUT2D eigenvalue weighted by Gasteiger charge is 2.22. The second kappa shape index (κ2) is 73.0. The summed E-state index contributed by atoms with van der Waals surface area (Å²) in [6.45, 7) is 4.20. The number of hydrogen-bond acceptors (Lipinski definition) is 8. The SMILES string of the molecule is CC/C=C\C/C=C\C/C=C\C/C=C\CCCCCCCCCCCCCCCCCCCCCCC(=O)OC(COC(=O)CCCCCCCCCCCCCCCCCCCCCCCCC/C=C\CCCCCCCCCC)COP(=O)([O-])OCC[N+](C)(C)C. The molecule has 0 spiro atoms. The topological polar surface area (TPSA) is 111 Å². The minimum atomic E-state index is -4.64. The molecule has 0 fully saturated rings. The molecule has 0 aliphatic heterocycles. The highest BCUT2D eigenvalue weighted by Crippen LogP contribution is 2.38. The average molecular weight is 1310 g/mol. The van der Waals surface area contributed by atoms with E-state index in [-0.39, 0.29) is 32.0 Å². The number of esters is 2. The van der Waals surface area contributed by atoms with Gasteiger partial charge in [0.2, 0.25) is 0 Å². The van der Waals surface area contributed by atoms with Crippen LogP contribution in [0.15, 0.2) is 60.8 Å². The predicted octanol–water partition coefficient (Wildman–Crippen LogP) is 25.9. The molecule has 0 aliphatic rings. The summed E-state index contributed by atoms with van der Waals surface area (Å²) in [6, 6.07) is 0. The van der Waals surface area contributed by atoms with Crippen LogP contribution in [0.5, 0.6) is 0 Å². The van der Waals surface area contributed by atoms with E-state index in [9.17, 15) is 19.0 Å². The molecule has 2 unspecified atom stereocenters. The Labute approximate surface area is 572 Å². The van der Waals surface area contributed by atoms with Gasteiger partial charge in [-0.15, -0.1) is 0 Å². The molecule has 0 heterocycles. The number of unbranched alkanes of at least 4 members (excludes halogenated alkanes) is 51. The largest absolute Gasteiger partial charge is 0.756 e. The second-order valence-electron chi connectivity index (χ2n) is 28.4. The molecule has 0 aliphatic carbocycles. The minimum absolute atomic E-state index is 0.0286. The Bertz CT molecular complexity index is 1740. The van der Waals surface area contributed by atoms with Crippen molar-refractivity contribution in [2.24, 2.45) is 0 Å². The third-order valence-corrected chi connectivity index (χ3v) is 19.0. The molecule has 0 saturated carbocycles. The van der Waals surface area contributed by atoms with Crippen LogP contribution in [0.3, 0.4) is 0 Å². The Kier molecular flexibility index (Phi) is 71.2. The summed E-state index contributed by atoms with van der Waals surface area (Å²) in [5.74, 6) is -0.810. The molecule has 0 amide bonds. The van der Waals surface area contributed by atoms with E-state index in [0.717, 1.165) is 57.8 Å². The molecule has 0 aromatic rings. The van der Waals surface area contributed by atoms with Crippen molar-refractivity contribution in [1.29, 1.82) is 0 Å². The molecular weight excluding hydrogens is 1160 g/mol. The first-order valence-electron chi connectivity index (χ1n) is 40.0. The first-order valence-corrected chi connectivity index (χ1v) is 41.5. The lowest BCUT2D eigenvalue weighted by atomic mass is 10.0. The fraction of sp³-hybridized carbons (Fsp3) is 0.854. The lowest BCUT2D eigenvalue weighted by Crippen LogP contribution is -2.37. The van der Waals surface area contributed by atoms with E-state index >= 15 is 0 Å². The Balaban J connectivity index is 3.91. The van der Waals surface area contributed by atoms with E-state index in [1.165, 1.54) is 308 Å². The van der Waals surface area contributed by atoms with Gasteiger partial charge in [-0.25, -0.2) is 0 Å². The maximum Gasteiger partial charge on any atom is 0.306 e. The molecule has 2 atom stereocenters. The van der Waals surface area contributed by atoms with Gasteiger partial charge in [0, 0.05) is 12.8 Å². The number of hydrogen-bond donors (Lipinski definition) is 0. The van der Waals surface area contributed by atoms with E-state index in [2.05, 4.69) is 74.6 Å². The van der Waals surface area contributed by atoms with Gasteiger partial charge in [0.15, 0.2) is 6.10 Å². The number of rotatable bonds is 75. The number of ether oxygens (including phenoxy) is 2. The van der Waals surface area contributed by atoms with Crippen LogP contribution in [0.2, 0.25) is 0 Å². The van der Waals surface area contributed by atoms with Crippen LogP contribution >= 0.6 is 7.82 Å². The molecule has 92 heavy (non-hydrogen) atoms. The first-order chi connectivity index (χ1) is 45.0. The number of phosphoric acid groups is 1. The molecule has 0 bridgehead atoms. The number of likely N-dealkylation sites (N-methyl/N-ethyl adjacent to an activating group) is 1. The van der Waals surface area contributed by atoms with Crippen molar-refractivity contribution in [1.82, 2.24) is 0 Å². The second-order valence-corrected chi connectivity index (χ2v) is 29.8. The molecule has 540 valence electrons. The monoisotopic (exact) mass is 1310 g/mol. The van der Waals surface area contributed by atoms with Gasteiger partial charge in [-0.1, -0.05) is 370 Å². The Morgan fingerprint density at radius 1 is 0.348 bits per heavy atom. The Morgan fingerprint density at radius 3 is 0.935 bits per heavy atom. The van der Waals surface area contributed by atoms with E-state index in [4.69, 9.17) is 18.5 Å². The van der Waals surface area contributed by atoms with Crippen LogP contribution in [-0.2, 0) is 32.7 Å². The maximum atomic E-state index is 12.9. The number of quaternary nitrogens is 1. The number of nitrogens with zero attached hydrogens (tertiary/aromatic N) is 1. The standard InChI is InChI=1S/C82H154NO8P/c1-6-8-10-12-14-16-18-20-22-24-26-28-30-32-34-36-38-40-41-43-44-46-48-50-52-54-56-58-60-62-64-66-68-70-72-74-81(84)88-78-80(79-90-92(86,87)89-77-76-83(3,4)5)91-82(85)75-73-71-69-67-65-63-61-59-57-55-53-51-49-47-45-42-39-37-35-33-31-29-27-25-23-21-19-17-15-13-11-9-7-2/h9,11,15,17,21,23-24,26-27,29,80H,6-8,10,12-14,16,18-20,22,25,28,30-79H2,1-5H3/b11-9-,17-15-,23-21-,26-24-,29-27-. The molecule has 0 saturated heterocycles. The van der Waals surface area contributed by atoms with E-state index in [0.29, 0.717) is 17.4 Å². The van der Waals surface area contributed by atoms with Gasteiger partial charge in [0.05, 0.1) is 27.7 Å². The van der Waals surface area contributed by atoms with Crippen LogP contribution in [0.1, 0.15) is 399 Å². The van der Waals surface area contributed by atoms with Crippen molar-refractivity contribution in [3.63, 3.8) is 0 Å². The maximum absolute atomic E-state index is 12.9. The van der Waals surface area contributed by atoms with Gasteiger partial charge in [0.25, 0.3) is 7.82 Å². The first kappa shape index (κ1) is 89.7. The van der Waals surface area contributed by atoms with Crippen LogP contribution in [0.4, 0.5) is 0 Å². The molecule has 0 aromatic carbocycles. The average Bonchev–Trinajstić information content (AvgIpc) is 2.23. The van der Waals surface area contributed by atoms with Crippen molar-refractivity contribution in [3.05, 3.63) is 60.8 Å². The fourth-order valence-corrected chi connectivity index (χ4v) is 12.7. The number of carbonyl (C=O) groups excluding carboxylic acids is 2. The minimum Gasteiger partial charge on any atom is -0.756 e. The smallest absolute Gasteiger partial charge is 0.306 e. The summed E-state index contributed by atoms with van der Waals surface area (Å²) >= 11 is 0. The van der Waals surface area contributed by atoms with Crippen molar-refractivity contribution in [3.8, 4) is 0 Å². The number of carbonyl (C=O) groups is 2. The zero-order valence-electron chi connectivity index (χ0n) is 61.8. The quantitative estimate of drug-likeness (QED) is 0.0195. The fourth-order valence-electron chi connectivity index (χ4n) is 11.9. The normalized spacial score (nSPS) is 13.3. The Morgan fingerprint density at radius 2 is 0.620 bits per heavy atom. The zero-order chi connectivity index (χ0) is 66.9. The molecular formula is C82H154NO8P. The lowest BCUT2D eigenvalue weighted by molar-refractivity contribution is -0.870. The third kappa shape index (κ3) is 76.7. The molecule has 9 nitrogen and oxygen atoms in total. The zero-order valence-corrected chi connectivity index (χ0v) is 62.7. The molecule has 0 aromatic heterocycles. The van der Waals surface area contributed by atoms with Crippen molar-refractivity contribution in [2.75, 3.05) is 47.5 Å². The third-order valence-electron chi connectivity index (χ3n) is 18.0. The van der Waals surface area contributed by atoms with Crippen LogP contribution in [-0.4, -0.2) is 70.0 Å². The summed E-state index contributed by atoms with van der Waals surface area (Å²) in [5, 5.41) is 0. The van der Waals surface area contributed by atoms with E-state index in [1.54, 1.807) is 0 Å². The molecule has 0 N–H and O–H groups in total. The van der Waals surface area contributed by atoms with Crippen molar-refractivity contribution >= 4 is 19.8 Å². The predicted molar refractivity (Wildman–Crippen MR) is 397 cm³/mol. The highest BCUT2D eigenvalue weighted by atomic mass is 31.2. The van der Waals surface area contributed by atoms with Crippen molar-refractivity contribution < 1.29 is 42.1 Å². The van der Waals surface area contributed by atoms with Crippen LogP contribution in [0, 0.1) is 0 Å². The molecule has 10 heteroatoms. The van der Waals surface area contributed by atoms with Crippen LogP contribution in [0.25, 0.3) is 0 Å². The Hall–Kier alpha value is -2.29. The van der Waals surface area contributed by atoms with Gasteiger partial charge < -0.3 is 27.9 Å². The summed E-state index contributed by atoms with van der Waals surface area (Å²) in [6.07, 6.45) is 97.8. The summed E-state index contributed by atoms with van der Waals surface area (Å²) in [5.41, 5.74) is 0. The van der Waals surface area contributed by atoms with Gasteiger partial charge in [0.1, 0.15) is 19.8 Å². The van der Waals surface area contributed by atoms with Gasteiger partial charge >= 0.3 is 11.9 Å².